The maximum atomic E-state index is 11.2. The molecule has 0 unspecified atom stereocenters. The highest BCUT2D eigenvalue weighted by molar-refractivity contribution is 5.25. The Morgan fingerprint density at radius 1 is 1.58 bits per heavy atom. The number of rotatable bonds is 3. The zero-order chi connectivity index (χ0) is 8.97. The molecule has 1 N–H and O–H groups in total. The first-order valence-electron chi connectivity index (χ1n) is 4.06. The number of nitrogens with one attached hydrogen (secondary N) is 1. The number of pyridine rings is 1. The monoisotopic (exact) mass is 167 g/mol. The Kier molecular flexibility index (Phi) is 2.91. The molecule has 1 aromatic rings. The summed E-state index contributed by atoms with van der Waals surface area (Å²) >= 11 is 0. The molecule has 0 aliphatic carbocycles. The summed E-state index contributed by atoms with van der Waals surface area (Å²) in [6.07, 6.45) is 2.53. The van der Waals surface area contributed by atoms with Gasteiger partial charge in [-0.05, 0) is 13.3 Å². The average Bonchev–Trinajstić information content (AvgIpc) is 2.04. The van der Waals surface area contributed by atoms with Crippen molar-refractivity contribution in [1.29, 1.82) is 0 Å². The van der Waals surface area contributed by atoms with Crippen molar-refractivity contribution in [1.82, 2.24) is 4.98 Å². The van der Waals surface area contributed by atoms with Crippen LogP contribution < -0.4 is 10.2 Å². The summed E-state index contributed by atoms with van der Waals surface area (Å²) in [5.41, 5.74) is 0.732. The van der Waals surface area contributed by atoms with E-state index in [0.29, 0.717) is 12.4 Å². The van der Waals surface area contributed by atoms with Gasteiger partial charge in [-0.15, -0.1) is 0 Å². The highest BCUT2D eigenvalue weighted by Gasteiger charge is 2.02. The van der Waals surface area contributed by atoms with Gasteiger partial charge in [0.1, 0.15) is 0 Å². The first-order valence-corrected chi connectivity index (χ1v) is 4.06. The molecule has 0 fully saturated rings. The van der Waals surface area contributed by atoms with E-state index in [9.17, 15) is 4.79 Å². The summed E-state index contributed by atoms with van der Waals surface area (Å²) in [4.78, 5) is 14.1. The van der Waals surface area contributed by atoms with Crippen molar-refractivity contribution in [3.05, 3.63) is 28.2 Å². The van der Waals surface area contributed by atoms with Crippen LogP contribution >= 0.6 is 0 Å². The molecule has 0 aliphatic heterocycles. The average molecular weight is 167 g/mol. The van der Waals surface area contributed by atoms with Crippen molar-refractivity contribution in [3.8, 4) is 5.75 Å². The van der Waals surface area contributed by atoms with E-state index in [0.717, 1.165) is 12.1 Å². The molecule has 0 saturated carbocycles. The van der Waals surface area contributed by atoms with Crippen LogP contribution in [0.4, 0.5) is 0 Å². The Hall–Kier alpha value is -1.25. The van der Waals surface area contributed by atoms with Crippen LogP contribution in [0.1, 0.15) is 19.0 Å². The molecule has 3 heteroatoms. The van der Waals surface area contributed by atoms with Crippen molar-refractivity contribution in [2.45, 2.75) is 20.3 Å². The van der Waals surface area contributed by atoms with E-state index < -0.39 is 0 Å². The number of aromatic nitrogens is 1. The van der Waals surface area contributed by atoms with Crippen molar-refractivity contribution in [2.24, 2.45) is 0 Å². The highest BCUT2D eigenvalue weighted by atomic mass is 16.5. The van der Waals surface area contributed by atoms with Gasteiger partial charge in [0, 0.05) is 12.3 Å². The molecule has 3 nitrogen and oxygen atoms in total. The molecule has 66 valence electrons. The highest BCUT2D eigenvalue weighted by Crippen LogP contribution is 2.07. The van der Waals surface area contributed by atoms with Crippen LogP contribution in [-0.4, -0.2) is 11.6 Å². The van der Waals surface area contributed by atoms with Gasteiger partial charge >= 0.3 is 0 Å². The minimum atomic E-state index is -0.0558. The van der Waals surface area contributed by atoms with Crippen LogP contribution in [0, 0.1) is 6.92 Å². The van der Waals surface area contributed by atoms with Gasteiger partial charge in [0.25, 0.3) is 0 Å². The summed E-state index contributed by atoms with van der Waals surface area (Å²) in [5.74, 6) is 0.444. The third kappa shape index (κ3) is 1.87. The standard InChI is InChI=1S/C9H13NO2/c1-3-6-12-9-7(2)10-5-4-8(9)11/h4-5H,3,6H2,1-2H3,(H,10,11). The molecule has 0 aliphatic rings. The van der Waals surface area contributed by atoms with Gasteiger partial charge in [0.2, 0.25) is 5.43 Å². The second kappa shape index (κ2) is 3.95. The maximum absolute atomic E-state index is 11.2. The SMILES string of the molecule is CCCOc1c(C)[nH]ccc1=O. The molecule has 1 heterocycles. The van der Waals surface area contributed by atoms with Gasteiger partial charge < -0.3 is 9.72 Å². The number of ether oxygens (including phenoxy) is 1. The molecular formula is C9H13NO2. The van der Waals surface area contributed by atoms with Crippen LogP contribution in [-0.2, 0) is 0 Å². The quantitative estimate of drug-likeness (QED) is 0.740. The molecule has 0 spiro atoms. The fourth-order valence-electron chi connectivity index (χ4n) is 0.952. The van der Waals surface area contributed by atoms with E-state index in [4.69, 9.17) is 4.74 Å². The van der Waals surface area contributed by atoms with Crippen molar-refractivity contribution in [2.75, 3.05) is 6.61 Å². The third-order valence-corrected chi connectivity index (χ3v) is 1.55. The van der Waals surface area contributed by atoms with E-state index >= 15 is 0 Å². The number of H-pyrrole nitrogens is 1. The van der Waals surface area contributed by atoms with E-state index in [2.05, 4.69) is 4.98 Å². The van der Waals surface area contributed by atoms with Crippen LogP contribution in [0.5, 0.6) is 5.75 Å². The van der Waals surface area contributed by atoms with E-state index in [-0.39, 0.29) is 5.43 Å². The molecule has 1 aromatic heterocycles. The second-order valence-electron chi connectivity index (χ2n) is 2.64. The Morgan fingerprint density at radius 2 is 2.33 bits per heavy atom. The smallest absolute Gasteiger partial charge is 0.223 e. The molecule has 12 heavy (non-hydrogen) atoms. The van der Waals surface area contributed by atoms with Crippen LogP contribution in [0.15, 0.2) is 17.1 Å². The summed E-state index contributed by atoms with van der Waals surface area (Å²) in [6.45, 7) is 4.42. The molecule has 0 aromatic carbocycles. The largest absolute Gasteiger partial charge is 0.488 e. The molecule has 0 atom stereocenters. The lowest BCUT2D eigenvalue weighted by Gasteiger charge is -2.05. The lowest BCUT2D eigenvalue weighted by molar-refractivity contribution is 0.311. The Morgan fingerprint density at radius 3 is 2.92 bits per heavy atom. The zero-order valence-corrected chi connectivity index (χ0v) is 7.39. The predicted molar refractivity (Wildman–Crippen MR) is 47.6 cm³/mol. The second-order valence-corrected chi connectivity index (χ2v) is 2.64. The van der Waals surface area contributed by atoms with Crippen molar-refractivity contribution in [3.63, 3.8) is 0 Å². The van der Waals surface area contributed by atoms with E-state index in [1.807, 2.05) is 13.8 Å². The first kappa shape index (κ1) is 8.84. The number of aryl methyl sites for hydroxylation is 1. The lowest BCUT2D eigenvalue weighted by Crippen LogP contribution is -2.10. The van der Waals surface area contributed by atoms with Gasteiger partial charge in [0.05, 0.1) is 12.3 Å². The number of hydrogen-bond acceptors (Lipinski definition) is 2. The molecule has 0 bridgehead atoms. The molecular weight excluding hydrogens is 154 g/mol. The minimum absolute atomic E-state index is 0.0558. The van der Waals surface area contributed by atoms with Crippen LogP contribution in [0.3, 0.4) is 0 Å². The predicted octanol–water partition coefficient (Wildman–Crippen LogP) is 1.47. The molecule has 0 amide bonds. The topological polar surface area (TPSA) is 42.1 Å². The maximum Gasteiger partial charge on any atom is 0.223 e. The fraction of sp³-hybridized carbons (Fsp3) is 0.444. The Bertz CT molecular complexity index is 304. The first-order chi connectivity index (χ1) is 5.75. The van der Waals surface area contributed by atoms with E-state index in [1.54, 1.807) is 6.20 Å². The molecule has 0 radical (unpaired) electrons. The van der Waals surface area contributed by atoms with Crippen molar-refractivity contribution >= 4 is 0 Å². The number of aromatic amines is 1. The molecule has 1 rings (SSSR count). The van der Waals surface area contributed by atoms with Gasteiger partial charge in [-0.2, -0.15) is 0 Å². The fourth-order valence-corrected chi connectivity index (χ4v) is 0.952. The number of hydrogen-bond donors (Lipinski definition) is 1. The third-order valence-electron chi connectivity index (χ3n) is 1.55. The van der Waals surface area contributed by atoms with Crippen LogP contribution in [0.25, 0.3) is 0 Å². The summed E-state index contributed by atoms with van der Waals surface area (Å²) in [5, 5.41) is 0. The van der Waals surface area contributed by atoms with Gasteiger partial charge in [-0.1, -0.05) is 6.92 Å². The summed E-state index contributed by atoms with van der Waals surface area (Å²) in [7, 11) is 0. The summed E-state index contributed by atoms with van der Waals surface area (Å²) in [6, 6.07) is 1.47. The normalized spacial score (nSPS) is 9.83. The van der Waals surface area contributed by atoms with E-state index in [1.165, 1.54) is 6.07 Å². The summed E-state index contributed by atoms with van der Waals surface area (Å²) < 4.78 is 5.27. The minimum Gasteiger partial charge on any atom is -0.488 e. The Balaban J connectivity index is 2.89. The van der Waals surface area contributed by atoms with Gasteiger partial charge in [-0.3, -0.25) is 4.79 Å². The van der Waals surface area contributed by atoms with Crippen LogP contribution in [0.2, 0.25) is 0 Å². The lowest BCUT2D eigenvalue weighted by atomic mass is 10.3. The van der Waals surface area contributed by atoms with Crippen molar-refractivity contribution < 1.29 is 4.74 Å². The zero-order valence-electron chi connectivity index (χ0n) is 7.39. The van der Waals surface area contributed by atoms with Gasteiger partial charge in [0.15, 0.2) is 5.75 Å². The molecule has 0 saturated heterocycles. The Labute approximate surface area is 71.4 Å². The van der Waals surface area contributed by atoms with Gasteiger partial charge in [-0.25, -0.2) is 0 Å².